The summed E-state index contributed by atoms with van der Waals surface area (Å²) in [6.07, 6.45) is 3.67. The predicted octanol–water partition coefficient (Wildman–Crippen LogP) is 3.93. The van der Waals surface area contributed by atoms with Crippen LogP contribution in [-0.4, -0.2) is 23.9 Å². The Morgan fingerprint density at radius 2 is 1.88 bits per heavy atom. The summed E-state index contributed by atoms with van der Waals surface area (Å²) in [6, 6.07) is 16.0. The first-order valence-electron chi connectivity index (χ1n) is 8.84. The van der Waals surface area contributed by atoms with Gasteiger partial charge in [-0.15, -0.1) is 0 Å². The monoisotopic (exact) mass is 334 g/mol. The van der Waals surface area contributed by atoms with Crippen LogP contribution in [-0.2, 0) is 6.61 Å². The second kappa shape index (κ2) is 7.11. The van der Waals surface area contributed by atoms with Crippen LogP contribution in [0.4, 0.5) is 0 Å². The Kier molecular flexibility index (Phi) is 4.53. The SMILES string of the molecule is O=C(c1c[nH]c2ccc(OCc3ccccc3)cc12)C1CCNCC1. The maximum atomic E-state index is 12.9. The number of carbonyl (C=O) groups excluding carboxylic acids is 1. The minimum Gasteiger partial charge on any atom is -0.489 e. The Labute approximate surface area is 147 Å². The molecule has 0 spiro atoms. The number of H-pyrrole nitrogens is 1. The van der Waals surface area contributed by atoms with E-state index in [1.807, 2.05) is 54.7 Å². The fourth-order valence-electron chi connectivity index (χ4n) is 3.44. The number of fused-ring (bicyclic) bond motifs is 1. The molecule has 0 saturated carbocycles. The summed E-state index contributed by atoms with van der Waals surface area (Å²) in [6.45, 7) is 2.36. The second-order valence-corrected chi connectivity index (χ2v) is 6.57. The van der Waals surface area contributed by atoms with E-state index in [1.54, 1.807) is 0 Å². The largest absolute Gasteiger partial charge is 0.489 e. The van der Waals surface area contributed by atoms with Crippen LogP contribution in [0.1, 0.15) is 28.8 Å². The standard InChI is InChI=1S/C21H22N2O2/c24-21(16-8-10-22-11-9-16)19-13-23-20-7-6-17(12-18(19)20)25-14-15-4-2-1-3-5-15/h1-7,12-13,16,22-23H,8-11,14H2. The fraction of sp³-hybridized carbons (Fsp3) is 0.286. The first-order chi connectivity index (χ1) is 12.3. The zero-order valence-electron chi connectivity index (χ0n) is 14.1. The third kappa shape index (κ3) is 3.44. The molecule has 3 aromatic rings. The van der Waals surface area contributed by atoms with Crippen LogP contribution >= 0.6 is 0 Å². The Morgan fingerprint density at radius 1 is 1.08 bits per heavy atom. The average Bonchev–Trinajstić information content (AvgIpc) is 3.10. The molecule has 4 nitrogen and oxygen atoms in total. The summed E-state index contributed by atoms with van der Waals surface area (Å²) < 4.78 is 5.91. The van der Waals surface area contributed by atoms with E-state index in [4.69, 9.17) is 4.74 Å². The van der Waals surface area contributed by atoms with E-state index in [1.165, 1.54) is 0 Å². The lowest BCUT2D eigenvalue weighted by Crippen LogP contribution is -2.31. The van der Waals surface area contributed by atoms with E-state index in [2.05, 4.69) is 10.3 Å². The highest BCUT2D eigenvalue weighted by Gasteiger charge is 2.24. The molecule has 1 aliphatic rings. The van der Waals surface area contributed by atoms with E-state index in [0.717, 1.165) is 53.7 Å². The van der Waals surface area contributed by atoms with Gasteiger partial charge in [0.25, 0.3) is 0 Å². The molecule has 1 aromatic heterocycles. The molecule has 0 aliphatic carbocycles. The smallest absolute Gasteiger partial charge is 0.168 e. The van der Waals surface area contributed by atoms with Crippen molar-refractivity contribution >= 4 is 16.7 Å². The number of aromatic nitrogens is 1. The first kappa shape index (κ1) is 15.9. The summed E-state index contributed by atoms with van der Waals surface area (Å²) in [4.78, 5) is 16.1. The van der Waals surface area contributed by atoms with Crippen LogP contribution < -0.4 is 10.1 Å². The van der Waals surface area contributed by atoms with Crippen LogP contribution in [0.2, 0.25) is 0 Å². The van der Waals surface area contributed by atoms with Gasteiger partial charge < -0.3 is 15.0 Å². The molecule has 1 saturated heterocycles. The van der Waals surface area contributed by atoms with Gasteiger partial charge in [0.05, 0.1) is 0 Å². The molecule has 0 radical (unpaired) electrons. The number of nitrogens with one attached hydrogen (secondary N) is 2. The predicted molar refractivity (Wildman–Crippen MR) is 99.0 cm³/mol. The number of ketones is 1. The van der Waals surface area contributed by atoms with Gasteiger partial charge in [-0.05, 0) is 49.7 Å². The highest BCUT2D eigenvalue weighted by Crippen LogP contribution is 2.28. The van der Waals surface area contributed by atoms with Gasteiger partial charge in [-0.3, -0.25) is 4.79 Å². The van der Waals surface area contributed by atoms with Gasteiger partial charge in [0.1, 0.15) is 12.4 Å². The van der Waals surface area contributed by atoms with E-state index >= 15 is 0 Å². The first-order valence-corrected chi connectivity index (χ1v) is 8.84. The Balaban J connectivity index is 1.56. The number of aromatic amines is 1. The number of ether oxygens (including phenoxy) is 1. The average molecular weight is 334 g/mol. The van der Waals surface area contributed by atoms with Crippen molar-refractivity contribution in [3.63, 3.8) is 0 Å². The van der Waals surface area contributed by atoms with Crippen LogP contribution in [0.15, 0.2) is 54.7 Å². The minimum absolute atomic E-state index is 0.120. The molecular formula is C21H22N2O2. The van der Waals surface area contributed by atoms with E-state index in [9.17, 15) is 4.79 Å². The summed E-state index contributed by atoms with van der Waals surface area (Å²) in [7, 11) is 0. The normalized spacial score (nSPS) is 15.4. The Morgan fingerprint density at radius 3 is 2.68 bits per heavy atom. The quantitative estimate of drug-likeness (QED) is 0.695. The molecule has 4 rings (SSSR count). The molecule has 0 amide bonds. The lowest BCUT2D eigenvalue weighted by Gasteiger charge is -2.21. The van der Waals surface area contributed by atoms with Crippen LogP contribution in [0, 0.1) is 5.92 Å². The number of rotatable bonds is 5. The number of carbonyl (C=O) groups is 1. The van der Waals surface area contributed by atoms with Gasteiger partial charge in [-0.1, -0.05) is 30.3 Å². The molecule has 1 aliphatic heterocycles. The van der Waals surface area contributed by atoms with Gasteiger partial charge >= 0.3 is 0 Å². The minimum atomic E-state index is 0.120. The fourth-order valence-corrected chi connectivity index (χ4v) is 3.44. The zero-order valence-corrected chi connectivity index (χ0v) is 14.1. The van der Waals surface area contributed by atoms with Gasteiger partial charge in [0, 0.05) is 28.6 Å². The Hall–Kier alpha value is -2.59. The third-order valence-electron chi connectivity index (χ3n) is 4.88. The Bertz CT molecular complexity index is 864. The number of hydrogen-bond donors (Lipinski definition) is 2. The number of hydrogen-bond acceptors (Lipinski definition) is 3. The summed E-state index contributed by atoms with van der Waals surface area (Å²) >= 11 is 0. The molecule has 0 bridgehead atoms. The summed E-state index contributed by atoms with van der Waals surface area (Å²) in [5, 5.41) is 4.27. The van der Waals surface area contributed by atoms with Crippen molar-refractivity contribution in [2.24, 2.45) is 5.92 Å². The molecule has 0 atom stereocenters. The van der Waals surface area contributed by atoms with Gasteiger partial charge in [0.15, 0.2) is 5.78 Å². The zero-order chi connectivity index (χ0) is 17.1. The van der Waals surface area contributed by atoms with Crippen molar-refractivity contribution in [3.05, 3.63) is 65.9 Å². The van der Waals surface area contributed by atoms with Gasteiger partial charge in [-0.2, -0.15) is 0 Å². The van der Waals surface area contributed by atoms with Crippen LogP contribution in [0.3, 0.4) is 0 Å². The molecule has 2 N–H and O–H groups in total. The molecular weight excluding hydrogens is 312 g/mol. The lowest BCUT2D eigenvalue weighted by atomic mass is 9.89. The number of benzene rings is 2. The van der Waals surface area contributed by atoms with Crippen LogP contribution in [0.5, 0.6) is 5.75 Å². The molecule has 4 heteroatoms. The molecule has 2 heterocycles. The number of piperidine rings is 1. The summed E-state index contributed by atoms with van der Waals surface area (Å²) in [5.74, 6) is 1.15. The second-order valence-electron chi connectivity index (χ2n) is 6.57. The lowest BCUT2D eigenvalue weighted by molar-refractivity contribution is 0.0897. The van der Waals surface area contributed by atoms with Crippen molar-refractivity contribution in [2.75, 3.05) is 13.1 Å². The molecule has 25 heavy (non-hydrogen) atoms. The highest BCUT2D eigenvalue weighted by molar-refractivity contribution is 6.09. The van der Waals surface area contributed by atoms with Crippen molar-refractivity contribution in [2.45, 2.75) is 19.4 Å². The van der Waals surface area contributed by atoms with E-state index in [-0.39, 0.29) is 11.7 Å². The van der Waals surface area contributed by atoms with E-state index in [0.29, 0.717) is 6.61 Å². The third-order valence-corrected chi connectivity index (χ3v) is 4.88. The van der Waals surface area contributed by atoms with E-state index < -0.39 is 0 Å². The maximum Gasteiger partial charge on any atom is 0.168 e. The highest BCUT2D eigenvalue weighted by atomic mass is 16.5. The molecule has 2 aromatic carbocycles. The number of Topliss-reactive ketones (excluding diaryl/α,β-unsaturated/α-hetero) is 1. The van der Waals surface area contributed by atoms with Crippen LogP contribution in [0.25, 0.3) is 10.9 Å². The van der Waals surface area contributed by atoms with Crippen molar-refractivity contribution in [3.8, 4) is 5.75 Å². The summed E-state index contributed by atoms with van der Waals surface area (Å²) in [5.41, 5.74) is 2.89. The van der Waals surface area contributed by atoms with Gasteiger partial charge in [0.2, 0.25) is 0 Å². The maximum absolute atomic E-state index is 12.9. The molecule has 1 fully saturated rings. The van der Waals surface area contributed by atoms with Crippen molar-refractivity contribution in [1.82, 2.24) is 10.3 Å². The van der Waals surface area contributed by atoms with Crippen molar-refractivity contribution < 1.29 is 9.53 Å². The van der Waals surface area contributed by atoms with Crippen molar-refractivity contribution in [1.29, 1.82) is 0 Å². The molecule has 128 valence electrons. The molecule has 0 unspecified atom stereocenters. The topological polar surface area (TPSA) is 54.1 Å². The van der Waals surface area contributed by atoms with Gasteiger partial charge in [-0.25, -0.2) is 0 Å².